The summed E-state index contributed by atoms with van der Waals surface area (Å²) in [5.74, 6) is 0.564. The molecule has 23 heavy (non-hydrogen) atoms. The van der Waals surface area contributed by atoms with E-state index >= 15 is 0 Å². The van der Waals surface area contributed by atoms with E-state index in [-0.39, 0.29) is 12.1 Å². The summed E-state index contributed by atoms with van der Waals surface area (Å²) >= 11 is 0. The van der Waals surface area contributed by atoms with Gasteiger partial charge in [-0.05, 0) is 46.0 Å². The van der Waals surface area contributed by atoms with Gasteiger partial charge in [0.05, 0.1) is 5.69 Å². The molecule has 1 amide bonds. The fourth-order valence-corrected chi connectivity index (χ4v) is 2.68. The molecular weight excluding hydrogens is 292 g/mol. The monoisotopic (exact) mass is 322 g/mol. The number of amides is 1. The molecule has 0 bridgehead atoms. The van der Waals surface area contributed by atoms with E-state index in [1.165, 1.54) is 18.4 Å². The zero-order valence-electron chi connectivity index (χ0n) is 15.0. The summed E-state index contributed by atoms with van der Waals surface area (Å²) in [4.78, 5) is 12.0. The van der Waals surface area contributed by atoms with E-state index in [0.717, 1.165) is 25.2 Å². The van der Waals surface area contributed by atoms with Gasteiger partial charge in [0.2, 0.25) is 0 Å². The number of rotatable bonds is 7. The maximum Gasteiger partial charge on any atom is 0.407 e. The van der Waals surface area contributed by atoms with Gasteiger partial charge < -0.3 is 15.4 Å². The van der Waals surface area contributed by atoms with Crippen LogP contribution in [0, 0.1) is 5.92 Å². The highest BCUT2D eigenvalue weighted by Crippen LogP contribution is 2.32. The quantitative estimate of drug-likeness (QED) is 0.809. The van der Waals surface area contributed by atoms with E-state index < -0.39 is 5.60 Å². The molecule has 0 radical (unpaired) electrons. The molecule has 6 nitrogen and oxygen atoms in total. The van der Waals surface area contributed by atoms with Gasteiger partial charge in [-0.1, -0.05) is 6.92 Å². The smallest absolute Gasteiger partial charge is 0.407 e. The van der Waals surface area contributed by atoms with Crippen LogP contribution in [0.2, 0.25) is 0 Å². The third-order valence-electron chi connectivity index (χ3n) is 3.90. The largest absolute Gasteiger partial charge is 0.444 e. The molecule has 1 saturated carbocycles. The first-order valence-electron chi connectivity index (χ1n) is 8.50. The molecule has 0 aromatic carbocycles. The van der Waals surface area contributed by atoms with E-state index in [2.05, 4.69) is 28.9 Å². The van der Waals surface area contributed by atoms with Gasteiger partial charge in [0.25, 0.3) is 0 Å². The molecule has 1 aliphatic rings. The molecule has 0 saturated heterocycles. The Labute approximate surface area is 139 Å². The number of aryl methyl sites for hydroxylation is 2. The molecular formula is C17H30N4O2. The minimum absolute atomic E-state index is 0.131. The topological polar surface area (TPSA) is 68.2 Å². The first-order valence-corrected chi connectivity index (χ1v) is 8.50. The number of ether oxygens (including phenoxy) is 1. The zero-order chi connectivity index (χ0) is 17.0. The van der Waals surface area contributed by atoms with Crippen LogP contribution in [0.15, 0.2) is 6.20 Å². The van der Waals surface area contributed by atoms with E-state index in [1.54, 1.807) is 0 Å². The molecule has 2 rings (SSSR count). The lowest BCUT2D eigenvalue weighted by Gasteiger charge is -2.24. The van der Waals surface area contributed by atoms with Crippen LogP contribution in [-0.2, 0) is 24.8 Å². The Bertz CT molecular complexity index is 529. The lowest BCUT2D eigenvalue weighted by atomic mass is 10.1. The van der Waals surface area contributed by atoms with E-state index in [1.807, 2.05) is 32.5 Å². The lowest BCUT2D eigenvalue weighted by Crippen LogP contribution is -2.45. The predicted octanol–water partition coefficient (Wildman–Crippen LogP) is 2.38. The van der Waals surface area contributed by atoms with Crippen LogP contribution in [-0.4, -0.2) is 34.1 Å². The van der Waals surface area contributed by atoms with Crippen molar-refractivity contribution in [1.82, 2.24) is 20.4 Å². The zero-order valence-corrected chi connectivity index (χ0v) is 15.0. The standard InChI is InChI=1S/C17H30N4O2/c1-6-14-13(11-21(5)20-14)9-18-10-15(12-7-8-12)19-16(22)23-17(2,3)4/h11-12,15,18H,6-10H2,1-5H3,(H,19,22). The van der Waals surface area contributed by atoms with Gasteiger partial charge in [-0.3, -0.25) is 4.68 Å². The van der Waals surface area contributed by atoms with Gasteiger partial charge in [-0.15, -0.1) is 0 Å². The molecule has 1 atom stereocenters. The number of carbonyl (C=O) groups excluding carboxylic acids is 1. The Morgan fingerprint density at radius 1 is 1.48 bits per heavy atom. The molecule has 0 spiro atoms. The van der Waals surface area contributed by atoms with Crippen molar-refractivity contribution in [2.45, 2.75) is 65.1 Å². The molecule has 6 heteroatoms. The third kappa shape index (κ3) is 5.86. The molecule has 2 N–H and O–H groups in total. The number of alkyl carbamates (subject to hydrolysis) is 1. The molecule has 130 valence electrons. The molecule has 1 aromatic heterocycles. The summed E-state index contributed by atoms with van der Waals surface area (Å²) < 4.78 is 7.21. The average molecular weight is 322 g/mol. The van der Waals surface area contributed by atoms with Crippen molar-refractivity contribution in [3.63, 3.8) is 0 Å². The average Bonchev–Trinajstić information content (AvgIpc) is 3.20. The summed E-state index contributed by atoms with van der Waals surface area (Å²) in [6.45, 7) is 9.28. The summed E-state index contributed by atoms with van der Waals surface area (Å²) in [6.07, 6.45) is 5.01. The van der Waals surface area contributed by atoms with Gasteiger partial charge in [0.1, 0.15) is 5.60 Å². The van der Waals surface area contributed by atoms with Crippen molar-refractivity contribution < 1.29 is 9.53 Å². The number of nitrogens with zero attached hydrogens (tertiary/aromatic N) is 2. The highest BCUT2D eigenvalue weighted by Gasteiger charge is 2.33. The molecule has 1 aromatic rings. The van der Waals surface area contributed by atoms with Crippen LogP contribution in [0.25, 0.3) is 0 Å². The second-order valence-corrected chi connectivity index (χ2v) is 7.35. The molecule has 1 aliphatic carbocycles. The van der Waals surface area contributed by atoms with Crippen molar-refractivity contribution in [2.24, 2.45) is 13.0 Å². The van der Waals surface area contributed by atoms with Crippen molar-refractivity contribution >= 4 is 6.09 Å². The fraction of sp³-hybridized carbons (Fsp3) is 0.765. The van der Waals surface area contributed by atoms with Crippen LogP contribution >= 0.6 is 0 Å². The second kappa shape index (κ2) is 7.34. The Balaban J connectivity index is 1.82. The molecule has 1 unspecified atom stereocenters. The molecule has 0 aliphatic heterocycles. The fourth-order valence-electron chi connectivity index (χ4n) is 2.68. The van der Waals surface area contributed by atoms with Crippen LogP contribution in [0.5, 0.6) is 0 Å². The van der Waals surface area contributed by atoms with Crippen molar-refractivity contribution in [1.29, 1.82) is 0 Å². The van der Waals surface area contributed by atoms with Gasteiger partial charge in [0, 0.05) is 37.9 Å². The van der Waals surface area contributed by atoms with Gasteiger partial charge >= 0.3 is 6.09 Å². The number of aromatic nitrogens is 2. The third-order valence-corrected chi connectivity index (χ3v) is 3.90. The van der Waals surface area contributed by atoms with Crippen LogP contribution in [0.3, 0.4) is 0 Å². The highest BCUT2D eigenvalue weighted by molar-refractivity contribution is 5.68. The Hall–Kier alpha value is -1.56. The molecule has 1 heterocycles. The Morgan fingerprint density at radius 3 is 2.74 bits per heavy atom. The Morgan fingerprint density at radius 2 is 2.17 bits per heavy atom. The summed E-state index contributed by atoms with van der Waals surface area (Å²) in [5, 5.41) is 10.9. The highest BCUT2D eigenvalue weighted by atomic mass is 16.6. The van der Waals surface area contributed by atoms with Gasteiger partial charge in [0.15, 0.2) is 0 Å². The van der Waals surface area contributed by atoms with E-state index in [9.17, 15) is 4.79 Å². The lowest BCUT2D eigenvalue weighted by molar-refractivity contribution is 0.0497. The van der Waals surface area contributed by atoms with Crippen molar-refractivity contribution in [3.05, 3.63) is 17.5 Å². The maximum atomic E-state index is 12.0. The number of hydrogen-bond acceptors (Lipinski definition) is 4. The van der Waals surface area contributed by atoms with Crippen LogP contribution < -0.4 is 10.6 Å². The normalized spacial score (nSPS) is 16.2. The van der Waals surface area contributed by atoms with E-state index in [0.29, 0.717) is 5.92 Å². The first-order chi connectivity index (χ1) is 10.8. The van der Waals surface area contributed by atoms with E-state index in [4.69, 9.17) is 4.74 Å². The first kappa shape index (κ1) is 17.8. The number of carbonyl (C=O) groups is 1. The SMILES string of the molecule is CCc1nn(C)cc1CNCC(NC(=O)OC(C)(C)C)C1CC1. The maximum absolute atomic E-state index is 12.0. The van der Waals surface area contributed by atoms with Crippen LogP contribution in [0.1, 0.15) is 51.8 Å². The van der Waals surface area contributed by atoms with Crippen LogP contribution in [0.4, 0.5) is 4.79 Å². The minimum Gasteiger partial charge on any atom is -0.444 e. The second-order valence-electron chi connectivity index (χ2n) is 7.35. The summed E-state index contributed by atoms with van der Waals surface area (Å²) in [5.41, 5.74) is 1.89. The number of nitrogens with one attached hydrogen (secondary N) is 2. The summed E-state index contributed by atoms with van der Waals surface area (Å²) in [7, 11) is 1.94. The van der Waals surface area contributed by atoms with Gasteiger partial charge in [-0.25, -0.2) is 4.79 Å². The summed E-state index contributed by atoms with van der Waals surface area (Å²) in [6, 6.07) is 0.131. The van der Waals surface area contributed by atoms with Crippen molar-refractivity contribution in [3.8, 4) is 0 Å². The Kier molecular flexibility index (Phi) is 5.68. The number of hydrogen-bond donors (Lipinski definition) is 2. The minimum atomic E-state index is -0.461. The van der Waals surface area contributed by atoms with Crippen molar-refractivity contribution in [2.75, 3.05) is 6.54 Å². The van der Waals surface area contributed by atoms with Gasteiger partial charge in [-0.2, -0.15) is 5.10 Å². The predicted molar refractivity (Wildman–Crippen MR) is 90.2 cm³/mol. The molecule has 1 fully saturated rings.